The Morgan fingerprint density at radius 1 is 1.17 bits per heavy atom. The number of guanidine groups is 1. The number of carbonyl (C=O) groups is 1. The predicted molar refractivity (Wildman–Crippen MR) is 122 cm³/mol. The van der Waals surface area contributed by atoms with Crippen LogP contribution in [0.3, 0.4) is 0 Å². The highest BCUT2D eigenvalue weighted by molar-refractivity contribution is 5.90. The predicted octanol–water partition coefficient (Wildman–Crippen LogP) is 2.31. The molecule has 164 valence electrons. The van der Waals surface area contributed by atoms with Gasteiger partial charge >= 0.3 is 0 Å². The summed E-state index contributed by atoms with van der Waals surface area (Å²) in [7, 11) is 1.77. The van der Waals surface area contributed by atoms with Crippen molar-refractivity contribution < 1.29 is 4.79 Å². The fourth-order valence-corrected chi connectivity index (χ4v) is 3.32. The van der Waals surface area contributed by atoms with Gasteiger partial charge in [0.2, 0.25) is 5.91 Å². The monoisotopic (exact) mass is 413 g/mol. The molecule has 0 unspecified atom stereocenters. The molecule has 1 aromatic heterocycles. The summed E-state index contributed by atoms with van der Waals surface area (Å²) < 4.78 is 1.59. The number of anilines is 1. The van der Waals surface area contributed by atoms with Crippen molar-refractivity contribution in [3.8, 4) is 0 Å². The highest BCUT2D eigenvalue weighted by atomic mass is 16.2. The number of nitrogens with zero attached hydrogens (tertiary/aromatic N) is 4. The lowest BCUT2D eigenvalue weighted by molar-refractivity contribution is -0.116. The number of hydrogen-bond acceptors (Lipinski definition) is 4. The van der Waals surface area contributed by atoms with Crippen molar-refractivity contribution in [1.82, 2.24) is 25.3 Å². The second kappa shape index (κ2) is 12.0. The molecule has 0 saturated carbocycles. The molecule has 8 nitrogen and oxygen atoms in total. The van der Waals surface area contributed by atoms with Gasteiger partial charge in [-0.3, -0.25) is 19.4 Å². The van der Waals surface area contributed by atoms with E-state index in [1.54, 1.807) is 30.2 Å². The van der Waals surface area contributed by atoms with Gasteiger partial charge in [0.1, 0.15) is 6.54 Å². The van der Waals surface area contributed by atoms with Crippen LogP contribution in [0.4, 0.5) is 5.69 Å². The molecule has 1 heterocycles. The Morgan fingerprint density at radius 2 is 1.93 bits per heavy atom. The number of benzene rings is 1. The maximum Gasteiger partial charge on any atom is 0.246 e. The SMILES string of the molecule is CN=C(NCCN(C(C)C)C(C)C)NCc1cccc(NC(=O)Cn2cccn2)c1. The molecule has 0 atom stereocenters. The van der Waals surface area contributed by atoms with Crippen LogP contribution in [0.2, 0.25) is 0 Å². The van der Waals surface area contributed by atoms with Gasteiger partial charge in [0, 0.05) is 56.8 Å². The van der Waals surface area contributed by atoms with Crippen LogP contribution in [0.5, 0.6) is 0 Å². The summed E-state index contributed by atoms with van der Waals surface area (Å²) in [6.07, 6.45) is 3.42. The molecule has 8 heteroatoms. The number of aliphatic imine (C=N–C) groups is 1. The third-order valence-electron chi connectivity index (χ3n) is 4.75. The first kappa shape index (κ1) is 23.4. The van der Waals surface area contributed by atoms with Crippen LogP contribution in [-0.2, 0) is 17.9 Å². The summed E-state index contributed by atoms with van der Waals surface area (Å²) >= 11 is 0. The van der Waals surface area contributed by atoms with E-state index in [-0.39, 0.29) is 12.5 Å². The van der Waals surface area contributed by atoms with E-state index in [1.165, 1.54) is 0 Å². The van der Waals surface area contributed by atoms with Crippen molar-refractivity contribution in [3.63, 3.8) is 0 Å². The molecule has 0 aliphatic carbocycles. The minimum absolute atomic E-state index is 0.110. The van der Waals surface area contributed by atoms with Crippen LogP contribution < -0.4 is 16.0 Å². The zero-order chi connectivity index (χ0) is 21.9. The third-order valence-corrected chi connectivity index (χ3v) is 4.75. The largest absolute Gasteiger partial charge is 0.355 e. The first-order chi connectivity index (χ1) is 14.4. The smallest absolute Gasteiger partial charge is 0.246 e. The first-order valence-corrected chi connectivity index (χ1v) is 10.5. The average molecular weight is 414 g/mol. The number of carbonyl (C=O) groups excluding carboxylic acids is 1. The van der Waals surface area contributed by atoms with Gasteiger partial charge in [-0.1, -0.05) is 12.1 Å². The summed E-state index contributed by atoms with van der Waals surface area (Å²) in [6.45, 7) is 11.4. The van der Waals surface area contributed by atoms with E-state index in [1.807, 2.05) is 24.3 Å². The van der Waals surface area contributed by atoms with Gasteiger partial charge in [-0.15, -0.1) is 0 Å². The Balaban J connectivity index is 1.81. The highest BCUT2D eigenvalue weighted by Crippen LogP contribution is 2.11. The lowest BCUT2D eigenvalue weighted by Gasteiger charge is -2.30. The van der Waals surface area contributed by atoms with Crippen molar-refractivity contribution in [1.29, 1.82) is 0 Å². The van der Waals surface area contributed by atoms with E-state index in [4.69, 9.17) is 0 Å². The maximum atomic E-state index is 12.2. The maximum absolute atomic E-state index is 12.2. The molecule has 1 aromatic carbocycles. The lowest BCUT2D eigenvalue weighted by Crippen LogP contribution is -2.45. The van der Waals surface area contributed by atoms with Gasteiger partial charge in [-0.2, -0.15) is 5.10 Å². The van der Waals surface area contributed by atoms with Crippen LogP contribution in [0.25, 0.3) is 0 Å². The molecular weight excluding hydrogens is 378 g/mol. The Hall–Kier alpha value is -2.87. The Labute approximate surface area is 179 Å². The number of aromatic nitrogens is 2. The van der Waals surface area contributed by atoms with Crippen LogP contribution >= 0.6 is 0 Å². The van der Waals surface area contributed by atoms with Crippen LogP contribution in [0.1, 0.15) is 33.3 Å². The Morgan fingerprint density at radius 3 is 2.57 bits per heavy atom. The number of nitrogens with one attached hydrogen (secondary N) is 3. The molecule has 30 heavy (non-hydrogen) atoms. The standard InChI is InChI=1S/C22H35N7O/c1-17(2)29(18(3)4)13-11-24-22(23-5)25-15-19-8-6-9-20(14-19)27-21(30)16-28-12-7-10-26-28/h6-10,12,14,17-18H,11,13,15-16H2,1-5H3,(H,27,30)(H2,23,24,25). The van der Waals surface area contributed by atoms with Crippen LogP contribution in [-0.4, -0.2) is 58.8 Å². The van der Waals surface area contributed by atoms with E-state index in [2.05, 4.69) is 58.6 Å². The van der Waals surface area contributed by atoms with Crippen molar-refractivity contribution in [3.05, 3.63) is 48.3 Å². The van der Waals surface area contributed by atoms with E-state index in [0.717, 1.165) is 30.3 Å². The number of hydrogen-bond donors (Lipinski definition) is 3. The molecule has 0 radical (unpaired) electrons. The van der Waals surface area contributed by atoms with Gasteiger partial charge in [-0.05, 0) is 51.5 Å². The molecule has 0 aliphatic heterocycles. The van der Waals surface area contributed by atoms with E-state index in [0.29, 0.717) is 18.6 Å². The zero-order valence-electron chi connectivity index (χ0n) is 18.7. The fraction of sp³-hybridized carbons (Fsp3) is 0.500. The summed E-state index contributed by atoms with van der Waals surface area (Å²) in [5.41, 5.74) is 1.82. The summed E-state index contributed by atoms with van der Waals surface area (Å²) in [4.78, 5) is 18.9. The molecule has 0 fully saturated rings. The first-order valence-electron chi connectivity index (χ1n) is 10.5. The highest BCUT2D eigenvalue weighted by Gasteiger charge is 2.12. The minimum Gasteiger partial charge on any atom is -0.355 e. The number of amides is 1. The lowest BCUT2D eigenvalue weighted by atomic mass is 10.2. The molecule has 3 N–H and O–H groups in total. The van der Waals surface area contributed by atoms with Gasteiger partial charge in [0.05, 0.1) is 0 Å². The fourth-order valence-electron chi connectivity index (χ4n) is 3.32. The molecule has 0 aliphatic rings. The van der Waals surface area contributed by atoms with Crippen molar-refractivity contribution in [2.75, 3.05) is 25.5 Å². The molecular formula is C22H35N7O. The molecule has 2 rings (SSSR count). The Kier molecular flexibility index (Phi) is 9.34. The average Bonchev–Trinajstić information content (AvgIpc) is 3.20. The summed E-state index contributed by atoms with van der Waals surface area (Å²) in [5, 5.41) is 13.7. The molecule has 0 spiro atoms. The quantitative estimate of drug-likeness (QED) is 0.411. The van der Waals surface area contributed by atoms with E-state index >= 15 is 0 Å². The van der Waals surface area contributed by atoms with E-state index in [9.17, 15) is 4.79 Å². The van der Waals surface area contributed by atoms with Gasteiger partial charge in [0.15, 0.2) is 5.96 Å². The molecule has 1 amide bonds. The summed E-state index contributed by atoms with van der Waals surface area (Å²) in [5.74, 6) is 0.650. The van der Waals surface area contributed by atoms with Crippen LogP contribution in [0, 0.1) is 0 Å². The Bertz CT molecular complexity index is 792. The van der Waals surface area contributed by atoms with Crippen molar-refractivity contribution in [2.24, 2.45) is 4.99 Å². The van der Waals surface area contributed by atoms with Crippen molar-refractivity contribution >= 4 is 17.6 Å². The summed E-state index contributed by atoms with van der Waals surface area (Å²) in [6, 6.07) is 10.6. The molecule has 0 saturated heterocycles. The second-order valence-corrected chi connectivity index (χ2v) is 7.73. The topological polar surface area (TPSA) is 86.6 Å². The second-order valence-electron chi connectivity index (χ2n) is 7.73. The third kappa shape index (κ3) is 7.87. The van der Waals surface area contributed by atoms with Crippen LogP contribution in [0.15, 0.2) is 47.7 Å². The minimum atomic E-state index is -0.110. The van der Waals surface area contributed by atoms with Crippen molar-refractivity contribution in [2.45, 2.75) is 52.9 Å². The van der Waals surface area contributed by atoms with Gasteiger partial charge in [0.25, 0.3) is 0 Å². The van der Waals surface area contributed by atoms with Gasteiger partial charge in [-0.25, -0.2) is 0 Å². The zero-order valence-corrected chi connectivity index (χ0v) is 18.7. The van der Waals surface area contributed by atoms with E-state index < -0.39 is 0 Å². The number of rotatable bonds is 10. The van der Waals surface area contributed by atoms with Gasteiger partial charge < -0.3 is 16.0 Å². The molecule has 2 aromatic rings. The normalized spacial score (nSPS) is 11.9. The molecule has 0 bridgehead atoms.